The quantitative estimate of drug-likeness (QED) is 0.830. The SMILES string of the molecule is CCC(CNC(C)(C)C)c1ccc(Cl)cc1. The Labute approximate surface area is 104 Å². The maximum absolute atomic E-state index is 5.89. The van der Waals surface area contributed by atoms with Crippen molar-refractivity contribution in [1.82, 2.24) is 5.32 Å². The van der Waals surface area contributed by atoms with Gasteiger partial charge in [0.25, 0.3) is 0 Å². The van der Waals surface area contributed by atoms with Crippen molar-refractivity contribution in [2.24, 2.45) is 0 Å². The summed E-state index contributed by atoms with van der Waals surface area (Å²) >= 11 is 5.89. The molecule has 0 heterocycles. The van der Waals surface area contributed by atoms with E-state index in [4.69, 9.17) is 11.6 Å². The highest BCUT2D eigenvalue weighted by Gasteiger charge is 2.14. The van der Waals surface area contributed by atoms with Gasteiger partial charge in [0.1, 0.15) is 0 Å². The summed E-state index contributed by atoms with van der Waals surface area (Å²) < 4.78 is 0. The summed E-state index contributed by atoms with van der Waals surface area (Å²) in [6.07, 6.45) is 1.14. The molecule has 0 spiro atoms. The second-order valence-electron chi connectivity index (χ2n) is 5.29. The molecule has 0 aromatic heterocycles. The molecule has 16 heavy (non-hydrogen) atoms. The van der Waals surface area contributed by atoms with E-state index in [9.17, 15) is 0 Å². The first kappa shape index (κ1) is 13.5. The molecule has 1 rings (SSSR count). The van der Waals surface area contributed by atoms with Crippen LogP contribution in [-0.2, 0) is 0 Å². The molecule has 2 heteroatoms. The molecule has 1 aromatic rings. The standard InChI is InChI=1S/C14H22ClN/c1-5-11(10-16-14(2,3)4)12-6-8-13(15)9-7-12/h6-9,11,16H,5,10H2,1-4H3. The second kappa shape index (κ2) is 5.70. The molecule has 1 aromatic carbocycles. The van der Waals surface area contributed by atoms with Crippen molar-refractivity contribution >= 4 is 11.6 Å². The second-order valence-corrected chi connectivity index (χ2v) is 5.72. The van der Waals surface area contributed by atoms with Gasteiger partial charge in [0.2, 0.25) is 0 Å². The van der Waals surface area contributed by atoms with Crippen LogP contribution in [0.1, 0.15) is 45.6 Å². The third-order valence-electron chi connectivity index (χ3n) is 2.71. The summed E-state index contributed by atoms with van der Waals surface area (Å²) in [7, 11) is 0. The van der Waals surface area contributed by atoms with Crippen molar-refractivity contribution < 1.29 is 0 Å². The summed E-state index contributed by atoms with van der Waals surface area (Å²) in [5.41, 5.74) is 1.54. The highest BCUT2D eigenvalue weighted by atomic mass is 35.5. The lowest BCUT2D eigenvalue weighted by atomic mass is 9.95. The fraction of sp³-hybridized carbons (Fsp3) is 0.571. The van der Waals surface area contributed by atoms with Crippen molar-refractivity contribution in [3.63, 3.8) is 0 Å². The Bertz CT molecular complexity index is 311. The smallest absolute Gasteiger partial charge is 0.0406 e. The lowest BCUT2D eigenvalue weighted by Crippen LogP contribution is -2.38. The molecule has 1 nitrogen and oxygen atoms in total. The fourth-order valence-corrected chi connectivity index (χ4v) is 1.79. The molecule has 0 saturated carbocycles. The van der Waals surface area contributed by atoms with E-state index < -0.39 is 0 Å². The molecular formula is C14H22ClN. The van der Waals surface area contributed by atoms with E-state index in [-0.39, 0.29) is 5.54 Å². The number of benzene rings is 1. The fourth-order valence-electron chi connectivity index (χ4n) is 1.66. The summed E-state index contributed by atoms with van der Waals surface area (Å²) in [5.74, 6) is 0.566. The van der Waals surface area contributed by atoms with Crippen LogP contribution >= 0.6 is 11.6 Å². The van der Waals surface area contributed by atoms with Crippen LogP contribution in [0.5, 0.6) is 0 Å². The minimum atomic E-state index is 0.180. The predicted octanol–water partition coefficient (Wildman–Crippen LogP) is 4.22. The van der Waals surface area contributed by atoms with Crippen LogP contribution in [0.2, 0.25) is 5.02 Å². The van der Waals surface area contributed by atoms with Gasteiger partial charge in [-0.05, 0) is 50.8 Å². The Balaban J connectivity index is 2.64. The molecule has 90 valence electrons. The number of halogens is 1. The molecule has 0 aliphatic carbocycles. The van der Waals surface area contributed by atoms with Gasteiger partial charge >= 0.3 is 0 Å². The number of hydrogen-bond donors (Lipinski definition) is 1. The van der Waals surface area contributed by atoms with E-state index in [0.29, 0.717) is 5.92 Å². The topological polar surface area (TPSA) is 12.0 Å². The van der Waals surface area contributed by atoms with Gasteiger partial charge in [-0.2, -0.15) is 0 Å². The van der Waals surface area contributed by atoms with E-state index in [1.165, 1.54) is 5.56 Å². The summed E-state index contributed by atoms with van der Waals surface area (Å²) in [4.78, 5) is 0. The van der Waals surface area contributed by atoms with Crippen LogP contribution in [0.3, 0.4) is 0 Å². The lowest BCUT2D eigenvalue weighted by Gasteiger charge is -2.25. The van der Waals surface area contributed by atoms with E-state index in [1.54, 1.807) is 0 Å². The summed E-state index contributed by atoms with van der Waals surface area (Å²) in [6, 6.07) is 8.19. The van der Waals surface area contributed by atoms with Crippen molar-refractivity contribution in [2.45, 2.75) is 45.6 Å². The maximum atomic E-state index is 5.89. The maximum Gasteiger partial charge on any atom is 0.0406 e. The van der Waals surface area contributed by atoms with Gasteiger partial charge < -0.3 is 5.32 Å². The molecule has 0 aliphatic rings. The highest BCUT2D eigenvalue weighted by Crippen LogP contribution is 2.21. The van der Waals surface area contributed by atoms with Gasteiger partial charge in [0, 0.05) is 17.1 Å². The first-order valence-corrected chi connectivity index (χ1v) is 6.30. The van der Waals surface area contributed by atoms with Gasteiger partial charge in [0.05, 0.1) is 0 Å². The average Bonchev–Trinajstić information content (AvgIpc) is 2.20. The Morgan fingerprint density at radius 2 is 1.75 bits per heavy atom. The third kappa shape index (κ3) is 4.54. The molecular weight excluding hydrogens is 218 g/mol. The van der Waals surface area contributed by atoms with Crippen LogP contribution in [0.25, 0.3) is 0 Å². The molecule has 0 bridgehead atoms. The van der Waals surface area contributed by atoms with Crippen LogP contribution in [0.4, 0.5) is 0 Å². The zero-order chi connectivity index (χ0) is 12.2. The van der Waals surface area contributed by atoms with E-state index >= 15 is 0 Å². The van der Waals surface area contributed by atoms with Crippen molar-refractivity contribution in [2.75, 3.05) is 6.54 Å². The molecule has 1 unspecified atom stereocenters. The summed E-state index contributed by atoms with van der Waals surface area (Å²) in [6.45, 7) is 9.83. The molecule has 0 radical (unpaired) electrons. The van der Waals surface area contributed by atoms with Crippen molar-refractivity contribution in [1.29, 1.82) is 0 Å². The first-order chi connectivity index (χ1) is 7.42. The molecule has 1 N–H and O–H groups in total. The van der Waals surface area contributed by atoms with Gasteiger partial charge in [0.15, 0.2) is 0 Å². The predicted molar refractivity (Wildman–Crippen MR) is 72.2 cm³/mol. The third-order valence-corrected chi connectivity index (χ3v) is 2.96. The molecule has 0 fully saturated rings. The molecule has 0 amide bonds. The van der Waals surface area contributed by atoms with Gasteiger partial charge in [-0.25, -0.2) is 0 Å². The Morgan fingerprint density at radius 3 is 2.19 bits per heavy atom. The normalized spacial score (nSPS) is 13.8. The average molecular weight is 240 g/mol. The number of hydrogen-bond acceptors (Lipinski definition) is 1. The number of rotatable bonds is 4. The van der Waals surface area contributed by atoms with Crippen molar-refractivity contribution in [3.8, 4) is 0 Å². The Hall–Kier alpha value is -0.530. The Morgan fingerprint density at radius 1 is 1.19 bits per heavy atom. The van der Waals surface area contributed by atoms with Gasteiger partial charge in [-0.15, -0.1) is 0 Å². The molecule has 1 atom stereocenters. The largest absolute Gasteiger partial charge is 0.311 e. The van der Waals surface area contributed by atoms with E-state index in [1.807, 2.05) is 12.1 Å². The zero-order valence-electron chi connectivity index (χ0n) is 10.7. The Kier molecular flexibility index (Phi) is 4.82. The minimum Gasteiger partial charge on any atom is -0.311 e. The monoisotopic (exact) mass is 239 g/mol. The van der Waals surface area contributed by atoms with Crippen LogP contribution < -0.4 is 5.32 Å². The van der Waals surface area contributed by atoms with Gasteiger partial charge in [-0.1, -0.05) is 30.7 Å². The van der Waals surface area contributed by atoms with Crippen LogP contribution in [0.15, 0.2) is 24.3 Å². The van der Waals surface area contributed by atoms with Crippen LogP contribution in [0, 0.1) is 0 Å². The lowest BCUT2D eigenvalue weighted by molar-refractivity contribution is 0.403. The van der Waals surface area contributed by atoms with E-state index in [0.717, 1.165) is 18.0 Å². The summed E-state index contributed by atoms with van der Waals surface area (Å²) in [5, 5.41) is 4.36. The highest BCUT2D eigenvalue weighted by molar-refractivity contribution is 6.30. The van der Waals surface area contributed by atoms with E-state index in [2.05, 4.69) is 45.1 Å². The first-order valence-electron chi connectivity index (χ1n) is 5.93. The van der Waals surface area contributed by atoms with Crippen LogP contribution in [-0.4, -0.2) is 12.1 Å². The molecule has 0 saturated heterocycles. The number of nitrogens with one attached hydrogen (secondary N) is 1. The minimum absolute atomic E-state index is 0.180. The molecule has 0 aliphatic heterocycles. The van der Waals surface area contributed by atoms with Crippen molar-refractivity contribution in [3.05, 3.63) is 34.9 Å². The zero-order valence-corrected chi connectivity index (χ0v) is 11.4. The van der Waals surface area contributed by atoms with Gasteiger partial charge in [-0.3, -0.25) is 0 Å².